The SMILES string of the molecule is Cc1c(Cl)ccc2c(C(=O)Nc3ccncc3)cc(-c3ccccc3)nc12. The predicted octanol–water partition coefficient (Wildman–Crippen LogP) is 5.51. The number of benzene rings is 2. The van der Waals surface area contributed by atoms with Crippen molar-refractivity contribution in [2.75, 3.05) is 5.32 Å². The van der Waals surface area contributed by atoms with Crippen LogP contribution in [0.2, 0.25) is 5.02 Å². The second-order valence-corrected chi connectivity index (χ2v) is 6.59. The molecule has 4 aromatic rings. The number of hydrogen-bond donors (Lipinski definition) is 1. The third kappa shape index (κ3) is 3.39. The number of carbonyl (C=O) groups is 1. The largest absolute Gasteiger partial charge is 0.322 e. The lowest BCUT2D eigenvalue weighted by Gasteiger charge is -2.13. The normalized spacial score (nSPS) is 10.7. The summed E-state index contributed by atoms with van der Waals surface area (Å²) in [4.78, 5) is 21.8. The molecule has 1 N–H and O–H groups in total. The van der Waals surface area contributed by atoms with E-state index in [1.807, 2.05) is 49.4 Å². The van der Waals surface area contributed by atoms with Crippen LogP contribution in [0.5, 0.6) is 0 Å². The van der Waals surface area contributed by atoms with Crippen LogP contribution in [0, 0.1) is 6.92 Å². The highest BCUT2D eigenvalue weighted by Gasteiger charge is 2.16. The summed E-state index contributed by atoms with van der Waals surface area (Å²) in [6, 6.07) is 18.7. The van der Waals surface area contributed by atoms with E-state index in [-0.39, 0.29) is 5.91 Å². The summed E-state index contributed by atoms with van der Waals surface area (Å²) in [6.45, 7) is 1.91. The molecule has 27 heavy (non-hydrogen) atoms. The van der Waals surface area contributed by atoms with Gasteiger partial charge >= 0.3 is 0 Å². The number of pyridine rings is 2. The van der Waals surface area contributed by atoms with Crippen molar-refractivity contribution in [1.29, 1.82) is 0 Å². The Morgan fingerprint density at radius 1 is 1.00 bits per heavy atom. The molecule has 0 aliphatic rings. The Hall–Kier alpha value is -3.24. The number of hydrogen-bond acceptors (Lipinski definition) is 3. The summed E-state index contributed by atoms with van der Waals surface area (Å²) in [7, 11) is 0. The van der Waals surface area contributed by atoms with Crippen molar-refractivity contribution in [2.45, 2.75) is 6.92 Å². The van der Waals surface area contributed by atoms with Gasteiger partial charge in [0.1, 0.15) is 0 Å². The minimum atomic E-state index is -0.201. The van der Waals surface area contributed by atoms with Crippen LogP contribution >= 0.6 is 11.6 Å². The molecule has 0 aliphatic carbocycles. The maximum Gasteiger partial charge on any atom is 0.256 e. The molecule has 1 amide bonds. The monoisotopic (exact) mass is 373 g/mol. The number of carbonyl (C=O) groups excluding carboxylic acids is 1. The van der Waals surface area contributed by atoms with E-state index in [0.29, 0.717) is 16.3 Å². The van der Waals surface area contributed by atoms with E-state index >= 15 is 0 Å². The van der Waals surface area contributed by atoms with E-state index < -0.39 is 0 Å². The Kier molecular flexibility index (Phi) is 4.57. The van der Waals surface area contributed by atoms with E-state index in [0.717, 1.165) is 27.7 Å². The number of amides is 1. The lowest BCUT2D eigenvalue weighted by atomic mass is 10.0. The van der Waals surface area contributed by atoms with Gasteiger partial charge in [0, 0.05) is 34.1 Å². The fraction of sp³-hybridized carbons (Fsp3) is 0.0455. The Balaban J connectivity index is 1.90. The third-order valence-corrected chi connectivity index (χ3v) is 4.83. The van der Waals surface area contributed by atoms with Gasteiger partial charge in [-0.2, -0.15) is 0 Å². The molecule has 4 rings (SSSR count). The molecule has 2 aromatic carbocycles. The average Bonchev–Trinajstić information content (AvgIpc) is 2.71. The molecule has 0 saturated carbocycles. The van der Waals surface area contributed by atoms with Crippen molar-refractivity contribution in [3.8, 4) is 11.3 Å². The van der Waals surface area contributed by atoms with Crippen LogP contribution in [-0.4, -0.2) is 15.9 Å². The summed E-state index contributed by atoms with van der Waals surface area (Å²) in [6.07, 6.45) is 3.28. The molecule has 0 atom stereocenters. The van der Waals surface area contributed by atoms with Gasteiger partial charge in [-0.05, 0) is 36.8 Å². The molecule has 4 nitrogen and oxygen atoms in total. The third-order valence-electron chi connectivity index (χ3n) is 4.42. The zero-order valence-electron chi connectivity index (χ0n) is 14.6. The topological polar surface area (TPSA) is 54.9 Å². The average molecular weight is 374 g/mol. The van der Waals surface area contributed by atoms with E-state index in [9.17, 15) is 4.79 Å². The van der Waals surface area contributed by atoms with Gasteiger partial charge < -0.3 is 5.32 Å². The van der Waals surface area contributed by atoms with Crippen molar-refractivity contribution in [1.82, 2.24) is 9.97 Å². The van der Waals surface area contributed by atoms with Crippen LogP contribution < -0.4 is 5.32 Å². The molecule has 0 saturated heterocycles. The molecule has 2 heterocycles. The molecule has 0 aliphatic heterocycles. The first kappa shape index (κ1) is 17.2. The predicted molar refractivity (Wildman–Crippen MR) is 109 cm³/mol. The fourth-order valence-corrected chi connectivity index (χ4v) is 3.13. The van der Waals surface area contributed by atoms with Crippen LogP contribution in [0.15, 0.2) is 73.1 Å². The van der Waals surface area contributed by atoms with E-state index in [2.05, 4.69) is 10.3 Å². The maximum absolute atomic E-state index is 13.0. The smallest absolute Gasteiger partial charge is 0.256 e. The number of nitrogens with one attached hydrogen (secondary N) is 1. The first-order chi connectivity index (χ1) is 13.1. The minimum absolute atomic E-state index is 0.201. The zero-order valence-corrected chi connectivity index (χ0v) is 15.4. The van der Waals surface area contributed by atoms with Gasteiger partial charge in [-0.25, -0.2) is 4.98 Å². The lowest BCUT2D eigenvalue weighted by Crippen LogP contribution is -2.13. The summed E-state index contributed by atoms with van der Waals surface area (Å²) >= 11 is 6.30. The van der Waals surface area contributed by atoms with Crippen molar-refractivity contribution >= 4 is 34.1 Å². The van der Waals surface area contributed by atoms with Crippen molar-refractivity contribution in [3.63, 3.8) is 0 Å². The Labute approximate surface area is 161 Å². The standard InChI is InChI=1S/C22H16ClN3O/c1-14-19(23)8-7-17-18(22(27)25-16-9-11-24-12-10-16)13-20(26-21(14)17)15-5-3-2-4-6-15/h2-13H,1H3,(H,24,25,27). The maximum atomic E-state index is 13.0. The molecule has 5 heteroatoms. The van der Waals surface area contributed by atoms with E-state index in [4.69, 9.17) is 16.6 Å². The number of halogens is 1. The van der Waals surface area contributed by atoms with Gasteiger partial charge in [-0.15, -0.1) is 0 Å². The second-order valence-electron chi connectivity index (χ2n) is 6.18. The summed E-state index contributed by atoms with van der Waals surface area (Å²) in [5.41, 5.74) is 4.49. The first-order valence-electron chi connectivity index (χ1n) is 8.50. The number of aromatic nitrogens is 2. The highest BCUT2D eigenvalue weighted by Crippen LogP contribution is 2.30. The Morgan fingerprint density at radius 3 is 2.48 bits per heavy atom. The molecule has 0 bridgehead atoms. The summed E-state index contributed by atoms with van der Waals surface area (Å²) in [5, 5.41) is 4.32. The van der Waals surface area contributed by atoms with E-state index in [1.165, 1.54) is 0 Å². The molecule has 2 aromatic heterocycles. The number of fused-ring (bicyclic) bond motifs is 1. The van der Waals surface area contributed by atoms with E-state index in [1.54, 1.807) is 30.6 Å². The van der Waals surface area contributed by atoms with Crippen molar-refractivity contribution in [2.24, 2.45) is 0 Å². The Morgan fingerprint density at radius 2 is 1.74 bits per heavy atom. The number of aryl methyl sites for hydroxylation is 1. The molecular formula is C22H16ClN3O. The van der Waals surface area contributed by atoms with Crippen LogP contribution in [0.1, 0.15) is 15.9 Å². The first-order valence-corrected chi connectivity index (χ1v) is 8.88. The number of rotatable bonds is 3. The molecule has 0 spiro atoms. The number of nitrogens with zero attached hydrogens (tertiary/aromatic N) is 2. The van der Waals surface area contributed by atoms with Crippen LogP contribution in [0.25, 0.3) is 22.2 Å². The van der Waals surface area contributed by atoms with Crippen LogP contribution in [-0.2, 0) is 0 Å². The molecule has 132 valence electrons. The quantitative estimate of drug-likeness (QED) is 0.515. The van der Waals surface area contributed by atoms with Gasteiger partial charge in [-0.3, -0.25) is 9.78 Å². The fourth-order valence-electron chi connectivity index (χ4n) is 2.98. The van der Waals surface area contributed by atoms with Gasteiger partial charge in [0.25, 0.3) is 5.91 Å². The molecule has 0 radical (unpaired) electrons. The van der Waals surface area contributed by atoms with Gasteiger partial charge in [-0.1, -0.05) is 48.0 Å². The highest BCUT2D eigenvalue weighted by atomic mass is 35.5. The van der Waals surface area contributed by atoms with Crippen LogP contribution in [0.4, 0.5) is 5.69 Å². The van der Waals surface area contributed by atoms with Gasteiger partial charge in [0.05, 0.1) is 16.8 Å². The van der Waals surface area contributed by atoms with Gasteiger partial charge in [0.2, 0.25) is 0 Å². The second kappa shape index (κ2) is 7.17. The Bertz CT molecular complexity index is 1130. The van der Waals surface area contributed by atoms with Crippen molar-refractivity contribution in [3.05, 3.63) is 89.2 Å². The molecular weight excluding hydrogens is 358 g/mol. The molecule has 0 fully saturated rings. The molecule has 0 unspecified atom stereocenters. The minimum Gasteiger partial charge on any atom is -0.322 e. The zero-order chi connectivity index (χ0) is 18.8. The lowest BCUT2D eigenvalue weighted by molar-refractivity contribution is 0.102. The van der Waals surface area contributed by atoms with Crippen LogP contribution in [0.3, 0.4) is 0 Å². The van der Waals surface area contributed by atoms with Gasteiger partial charge in [0.15, 0.2) is 0 Å². The highest BCUT2D eigenvalue weighted by molar-refractivity contribution is 6.32. The summed E-state index contributed by atoms with van der Waals surface area (Å²) < 4.78 is 0. The summed E-state index contributed by atoms with van der Waals surface area (Å²) in [5.74, 6) is -0.201. The van der Waals surface area contributed by atoms with Crippen molar-refractivity contribution < 1.29 is 4.79 Å². The number of anilines is 1.